The van der Waals surface area contributed by atoms with E-state index in [1.165, 1.54) is 0 Å². The minimum atomic E-state index is -1.04. The maximum atomic E-state index is 12.5. The highest BCUT2D eigenvalue weighted by molar-refractivity contribution is 5.87. The number of aliphatic carboxylic acids is 1. The molecular weight excluding hydrogens is 344 g/mol. The van der Waals surface area contributed by atoms with Crippen molar-refractivity contribution in [3.05, 3.63) is 35.9 Å². The maximum Gasteiger partial charge on any atom is 0.326 e. The molecule has 3 N–H and O–H groups in total. The highest BCUT2D eigenvalue weighted by Gasteiger charge is 2.28. The van der Waals surface area contributed by atoms with E-state index in [9.17, 15) is 19.5 Å². The Labute approximate surface area is 161 Å². The molecular formula is C21H32N2O4. The van der Waals surface area contributed by atoms with Crippen LogP contribution in [0.5, 0.6) is 0 Å². The first-order valence-corrected chi connectivity index (χ1v) is 9.54. The minimum absolute atomic E-state index is 0.0222. The normalized spacial score (nSPS) is 13.4. The molecule has 0 spiro atoms. The van der Waals surface area contributed by atoms with Gasteiger partial charge in [-0.1, -0.05) is 58.0 Å². The first-order chi connectivity index (χ1) is 12.7. The van der Waals surface area contributed by atoms with Crippen molar-refractivity contribution in [3.8, 4) is 0 Å². The minimum Gasteiger partial charge on any atom is -0.480 e. The SMILES string of the molecule is CC(C)[C@H](NC(=O)[C@@H](NCCC(=O)CCc1ccccc1)C(C)C)C(=O)O. The molecule has 1 rings (SSSR count). The van der Waals surface area contributed by atoms with Crippen molar-refractivity contribution in [1.82, 2.24) is 10.6 Å². The molecule has 0 fully saturated rings. The average Bonchev–Trinajstić information content (AvgIpc) is 2.61. The summed E-state index contributed by atoms with van der Waals surface area (Å²) in [5, 5.41) is 14.9. The van der Waals surface area contributed by atoms with E-state index in [0.29, 0.717) is 25.8 Å². The van der Waals surface area contributed by atoms with Crippen LogP contribution in [0, 0.1) is 11.8 Å². The largest absolute Gasteiger partial charge is 0.480 e. The highest BCUT2D eigenvalue weighted by atomic mass is 16.4. The van der Waals surface area contributed by atoms with Crippen LogP contribution in [0.4, 0.5) is 0 Å². The zero-order chi connectivity index (χ0) is 20.4. The van der Waals surface area contributed by atoms with Crippen LogP contribution in [-0.2, 0) is 20.8 Å². The van der Waals surface area contributed by atoms with Crippen molar-refractivity contribution in [2.24, 2.45) is 11.8 Å². The van der Waals surface area contributed by atoms with Gasteiger partial charge in [0.15, 0.2) is 0 Å². The van der Waals surface area contributed by atoms with E-state index in [-0.39, 0.29) is 23.5 Å². The summed E-state index contributed by atoms with van der Waals surface area (Å²) < 4.78 is 0. The van der Waals surface area contributed by atoms with E-state index >= 15 is 0 Å². The molecule has 1 aromatic carbocycles. The number of carboxylic acids is 1. The molecule has 2 atom stereocenters. The number of carbonyl (C=O) groups is 3. The van der Waals surface area contributed by atoms with Gasteiger partial charge < -0.3 is 15.7 Å². The van der Waals surface area contributed by atoms with E-state index in [0.717, 1.165) is 5.56 Å². The van der Waals surface area contributed by atoms with Crippen LogP contribution in [0.1, 0.15) is 46.1 Å². The molecule has 0 aliphatic carbocycles. The molecule has 0 heterocycles. The first kappa shape index (κ1) is 22.8. The van der Waals surface area contributed by atoms with Gasteiger partial charge in [0.25, 0.3) is 0 Å². The van der Waals surface area contributed by atoms with Gasteiger partial charge in [-0.15, -0.1) is 0 Å². The van der Waals surface area contributed by atoms with E-state index < -0.39 is 18.1 Å². The number of carbonyl (C=O) groups excluding carboxylic acids is 2. The molecule has 1 aromatic rings. The lowest BCUT2D eigenvalue weighted by atomic mass is 10.00. The Morgan fingerprint density at radius 3 is 2.04 bits per heavy atom. The Balaban J connectivity index is 2.46. The summed E-state index contributed by atoms with van der Waals surface area (Å²) in [6.07, 6.45) is 1.52. The lowest BCUT2D eigenvalue weighted by Gasteiger charge is -2.25. The van der Waals surface area contributed by atoms with Gasteiger partial charge in [-0.05, 0) is 23.8 Å². The van der Waals surface area contributed by atoms with E-state index in [1.54, 1.807) is 13.8 Å². The van der Waals surface area contributed by atoms with Crippen LogP contribution < -0.4 is 10.6 Å². The van der Waals surface area contributed by atoms with E-state index in [2.05, 4.69) is 10.6 Å². The zero-order valence-corrected chi connectivity index (χ0v) is 16.7. The molecule has 6 nitrogen and oxygen atoms in total. The summed E-state index contributed by atoms with van der Waals surface area (Å²) in [6.45, 7) is 7.67. The lowest BCUT2D eigenvalue weighted by molar-refractivity contribution is -0.143. The van der Waals surface area contributed by atoms with Crippen molar-refractivity contribution in [2.45, 2.75) is 59.0 Å². The summed E-state index contributed by atoms with van der Waals surface area (Å²) in [7, 11) is 0. The molecule has 0 saturated heterocycles. The predicted molar refractivity (Wildman–Crippen MR) is 105 cm³/mol. The van der Waals surface area contributed by atoms with Crippen LogP contribution in [0.3, 0.4) is 0 Å². The Hall–Kier alpha value is -2.21. The summed E-state index contributed by atoms with van der Waals surface area (Å²) in [5.41, 5.74) is 1.13. The standard InChI is InChI=1S/C21H32N2O4/c1-14(2)18(20(25)23-19(15(3)4)21(26)27)22-13-12-17(24)11-10-16-8-6-5-7-9-16/h5-9,14-15,18-19,22H,10-13H2,1-4H3,(H,23,25)(H,26,27)/t18-,19-/m0/s1. The van der Waals surface area contributed by atoms with Gasteiger partial charge in [0.2, 0.25) is 5.91 Å². The van der Waals surface area contributed by atoms with Crippen LogP contribution in [0.15, 0.2) is 30.3 Å². The zero-order valence-electron chi connectivity index (χ0n) is 16.7. The number of rotatable bonds is 12. The summed E-state index contributed by atoms with van der Waals surface area (Å²) >= 11 is 0. The predicted octanol–water partition coefficient (Wildman–Crippen LogP) is 2.42. The molecule has 150 valence electrons. The topological polar surface area (TPSA) is 95.5 Å². The first-order valence-electron chi connectivity index (χ1n) is 9.54. The Kier molecular flexibility index (Phi) is 9.72. The third kappa shape index (κ3) is 8.35. The molecule has 6 heteroatoms. The third-order valence-electron chi connectivity index (χ3n) is 4.48. The van der Waals surface area contributed by atoms with Crippen molar-refractivity contribution in [3.63, 3.8) is 0 Å². The number of nitrogens with one attached hydrogen (secondary N) is 2. The van der Waals surface area contributed by atoms with Crippen LogP contribution >= 0.6 is 0 Å². The number of hydrogen-bond acceptors (Lipinski definition) is 4. The van der Waals surface area contributed by atoms with Gasteiger partial charge in [-0.2, -0.15) is 0 Å². The Morgan fingerprint density at radius 2 is 1.52 bits per heavy atom. The molecule has 0 aliphatic heterocycles. The lowest BCUT2D eigenvalue weighted by Crippen LogP contribution is -2.54. The van der Waals surface area contributed by atoms with Crippen molar-refractivity contribution >= 4 is 17.7 Å². The van der Waals surface area contributed by atoms with Crippen molar-refractivity contribution < 1.29 is 19.5 Å². The molecule has 27 heavy (non-hydrogen) atoms. The molecule has 0 radical (unpaired) electrons. The van der Waals surface area contributed by atoms with Gasteiger partial charge in [0, 0.05) is 19.4 Å². The van der Waals surface area contributed by atoms with Crippen molar-refractivity contribution in [2.75, 3.05) is 6.54 Å². The molecule has 0 bridgehead atoms. The fourth-order valence-electron chi connectivity index (χ4n) is 2.81. The molecule has 1 amide bonds. The van der Waals surface area contributed by atoms with Crippen LogP contribution in [-0.4, -0.2) is 41.4 Å². The van der Waals surface area contributed by atoms with E-state index in [1.807, 2.05) is 44.2 Å². The molecule has 0 aromatic heterocycles. The maximum absolute atomic E-state index is 12.5. The van der Waals surface area contributed by atoms with Gasteiger partial charge in [-0.25, -0.2) is 4.79 Å². The quantitative estimate of drug-likeness (QED) is 0.521. The monoisotopic (exact) mass is 376 g/mol. The molecule has 0 saturated carbocycles. The van der Waals surface area contributed by atoms with Gasteiger partial charge in [0.1, 0.15) is 11.8 Å². The average molecular weight is 376 g/mol. The second-order valence-electron chi connectivity index (χ2n) is 7.52. The van der Waals surface area contributed by atoms with Gasteiger partial charge in [-0.3, -0.25) is 9.59 Å². The summed E-state index contributed by atoms with van der Waals surface area (Å²) in [5.74, 6) is -1.48. The smallest absolute Gasteiger partial charge is 0.326 e. The Morgan fingerprint density at radius 1 is 0.926 bits per heavy atom. The number of ketones is 1. The summed E-state index contributed by atoms with van der Waals surface area (Å²) in [4.78, 5) is 35.8. The number of carboxylic acid groups (broad SMARTS) is 1. The fraction of sp³-hybridized carbons (Fsp3) is 0.571. The van der Waals surface area contributed by atoms with E-state index in [4.69, 9.17) is 0 Å². The number of benzene rings is 1. The number of Topliss-reactive ketones (excluding diaryl/α,β-unsaturated/α-hetero) is 1. The Bertz CT molecular complexity index is 614. The van der Waals surface area contributed by atoms with Crippen molar-refractivity contribution in [1.29, 1.82) is 0 Å². The third-order valence-corrected chi connectivity index (χ3v) is 4.48. The van der Waals surface area contributed by atoms with Crippen LogP contribution in [0.2, 0.25) is 0 Å². The van der Waals surface area contributed by atoms with Gasteiger partial charge in [0.05, 0.1) is 6.04 Å². The summed E-state index contributed by atoms with van der Waals surface area (Å²) in [6, 6.07) is 8.39. The number of hydrogen-bond donors (Lipinski definition) is 3. The molecule has 0 unspecified atom stereocenters. The van der Waals surface area contributed by atoms with Gasteiger partial charge >= 0.3 is 5.97 Å². The molecule has 0 aliphatic rings. The highest BCUT2D eigenvalue weighted by Crippen LogP contribution is 2.07. The fourth-order valence-corrected chi connectivity index (χ4v) is 2.81. The number of amides is 1. The second kappa shape index (κ2) is 11.5. The van der Waals surface area contributed by atoms with Crippen LogP contribution in [0.25, 0.3) is 0 Å². The second-order valence-corrected chi connectivity index (χ2v) is 7.52. The number of aryl methyl sites for hydroxylation is 1.